The lowest BCUT2D eigenvalue weighted by molar-refractivity contribution is -0.117. The Morgan fingerprint density at radius 1 is 1.33 bits per heavy atom. The third-order valence-corrected chi connectivity index (χ3v) is 2.20. The minimum atomic E-state index is 0.239. The van der Waals surface area contributed by atoms with Crippen LogP contribution in [0.5, 0.6) is 5.75 Å². The smallest absolute Gasteiger partial charge is 0.146 e. The summed E-state index contributed by atoms with van der Waals surface area (Å²) in [7, 11) is 1.65. The van der Waals surface area contributed by atoms with E-state index in [1.54, 1.807) is 7.11 Å². The van der Waals surface area contributed by atoms with Crippen molar-refractivity contribution in [1.82, 2.24) is 5.32 Å². The van der Waals surface area contributed by atoms with Crippen LogP contribution < -0.4 is 10.1 Å². The average Bonchev–Trinajstić information content (AvgIpc) is 2.29. The summed E-state index contributed by atoms with van der Waals surface area (Å²) in [4.78, 5) is 11.0. The van der Waals surface area contributed by atoms with E-state index in [9.17, 15) is 4.79 Å². The van der Waals surface area contributed by atoms with Crippen LogP contribution in [0.4, 0.5) is 0 Å². The molecular weight excluding hydrogens is 190 g/mol. The zero-order chi connectivity index (χ0) is 11.1. The van der Waals surface area contributed by atoms with Gasteiger partial charge in [0.25, 0.3) is 0 Å². The molecule has 0 saturated heterocycles. The molecule has 0 spiro atoms. The van der Waals surface area contributed by atoms with Gasteiger partial charge in [-0.15, -0.1) is 0 Å². The minimum absolute atomic E-state index is 0.239. The highest BCUT2D eigenvalue weighted by molar-refractivity contribution is 5.80. The van der Waals surface area contributed by atoms with Crippen LogP contribution in [-0.2, 0) is 11.3 Å². The molecule has 0 aromatic heterocycles. The fourth-order valence-corrected chi connectivity index (χ4v) is 1.21. The van der Waals surface area contributed by atoms with Gasteiger partial charge in [0.15, 0.2) is 0 Å². The predicted molar refractivity (Wildman–Crippen MR) is 60.0 cm³/mol. The Kier molecular flexibility index (Phi) is 4.84. The summed E-state index contributed by atoms with van der Waals surface area (Å²) in [5.41, 5.74) is 1.15. The van der Waals surface area contributed by atoms with E-state index in [1.165, 1.54) is 0 Å². The van der Waals surface area contributed by atoms with Crippen LogP contribution >= 0.6 is 0 Å². The van der Waals surface area contributed by atoms with E-state index in [-0.39, 0.29) is 5.78 Å². The van der Waals surface area contributed by atoms with Crippen LogP contribution in [0, 0.1) is 0 Å². The Labute approximate surface area is 90.4 Å². The number of ketones is 1. The highest BCUT2D eigenvalue weighted by atomic mass is 16.5. The zero-order valence-electron chi connectivity index (χ0n) is 9.25. The Morgan fingerprint density at radius 2 is 2.00 bits per heavy atom. The lowest BCUT2D eigenvalue weighted by Crippen LogP contribution is -2.21. The summed E-state index contributed by atoms with van der Waals surface area (Å²) < 4.78 is 5.05. The van der Waals surface area contributed by atoms with Gasteiger partial charge >= 0.3 is 0 Å². The van der Waals surface area contributed by atoms with Crippen LogP contribution in [0.1, 0.15) is 18.9 Å². The van der Waals surface area contributed by atoms with Gasteiger partial charge in [0, 0.05) is 13.0 Å². The third-order valence-electron chi connectivity index (χ3n) is 2.20. The fourth-order valence-electron chi connectivity index (χ4n) is 1.21. The van der Waals surface area contributed by atoms with Gasteiger partial charge < -0.3 is 10.1 Å². The molecule has 1 aromatic rings. The molecule has 3 nitrogen and oxygen atoms in total. The molecule has 0 radical (unpaired) electrons. The number of carbonyl (C=O) groups is 1. The number of hydrogen-bond donors (Lipinski definition) is 1. The Hall–Kier alpha value is -1.35. The Bertz CT molecular complexity index is 306. The first-order valence-corrected chi connectivity index (χ1v) is 5.11. The van der Waals surface area contributed by atoms with E-state index in [0.29, 0.717) is 13.0 Å². The highest BCUT2D eigenvalue weighted by Crippen LogP contribution is 2.10. The lowest BCUT2D eigenvalue weighted by atomic mass is 10.2. The summed E-state index contributed by atoms with van der Waals surface area (Å²) in [5.74, 6) is 1.09. The minimum Gasteiger partial charge on any atom is -0.497 e. The van der Waals surface area contributed by atoms with Crippen molar-refractivity contribution in [3.05, 3.63) is 29.8 Å². The molecule has 1 N–H and O–H groups in total. The van der Waals surface area contributed by atoms with E-state index in [0.717, 1.165) is 17.9 Å². The monoisotopic (exact) mass is 207 g/mol. The summed E-state index contributed by atoms with van der Waals surface area (Å²) >= 11 is 0. The van der Waals surface area contributed by atoms with E-state index in [2.05, 4.69) is 5.32 Å². The maximum absolute atomic E-state index is 11.0. The second kappa shape index (κ2) is 6.19. The summed E-state index contributed by atoms with van der Waals surface area (Å²) in [6.07, 6.45) is 0.593. The zero-order valence-corrected chi connectivity index (χ0v) is 9.25. The van der Waals surface area contributed by atoms with Gasteiger partial charge in [0.1, 0.15) is 11.5 Å². The number of carbonyl (C=O) groups excluding carboxylic acids is 1. The second-order valence-corrected chi connectivity index (χ2v) is 3.34. The number of ether oxygens (including phenoxy) is 1. The normalized spacial score (nSPS) is 10.0. The number of benzene rings is 1. The molecule has 0 amide bonds. The molecule has 0 bridgehead atoms. The van der Waals surface area contributed by atoms with Crippen molar-refractivity contribution in [1.29, 1.82) is 0 Å². The lowest BCUT2D eigenvalue weighted by Gasteiger charge is -2.04. The van der Waals surface area contributed by atoms with Gasteiger partial charge in [-0.05, 0) is 17.7 Å². The van der Waals surface area contributed by atoms with E-state index in [4.69, 9.17) is 4.74 Å². The largest absolute Gasteiger partial charge is 0.497 e. The fraction of sp³-hybridized carbons (Fsp3) is 0.417. The maximum atomic E-state index is 11.0. The SMILES string of the molecule is CCC(=O)CNCc1ccc(OC)cc1. The topological polar surface area (TPSA) is 38.3 Å². The molecule has 0 fully saturated rings. The maximum Gasteiger partial charge on any atom is 0.146 e. The first-order valence-electron chi connectivity index (χ1n) is 5.11. The van der Waals surface area contributed by atoms with Crippen molar-refractivity contribution >= 4 is 5.78 Å². The van der Waals surface area contributed by atoms with Crippen molar-refractivity contribution < 1.29 is 9.53 Å². The number of methoxy groups -OCH3 is 1. The molecule has 0 heterocycles. The van der Waals surface area contributed by atoms with Gasteiger partial charge in [-0.3, -0.25) is 4.79 Å². The highest BCUT2D eigenvalue weighted by Gasteiger charge is 1.97. The molecule has 1 aromatic carbocycles. The standard InChI is InChI=1S/C12H17NO2/c1-3-11(14)9-13-8-10-4-6-12(15-2)7-5-10/h4-7,13H,3,8-9H2,1-2H3. The quantitative estimate of drug-likeness (QED) is 0.772. The van der Waals surface area contributed by atoms with E-state index < -0.39 is 0 Å². The van der Waals surface area contributed by atoms with Crippen molar-refractivity contribution in [2.75, 3.05) is 13.7 Å². The van der Waals surface area contributed by atoms with Crippen molar-refractivity contribution in [3.8, 4) is 5.75 Å². The van der Waals surface area contributed by atoms with Crippen LogP contribution in [0.3, 0.4) is 0 Å². The van der Waals surface area contributed by atoms with Crippen molar-refractivity contribution in [3.63, 3.8) is 0 Å². The molecule has 3 heteroatoms. The van der Waals surface area contributed by atoms with Crippen LogP contribution in [0.2, 0.25) is 0 Å². The number of hydrogen-bond acceptors (Lipinski definition) is 3. The Balaban J connectivity index is 2.34. The van der Waals surface area contributed by atoms with Gasteiger partial charge in [-0.1, -0.05) is 19.1 Å². The van der Waals surface area contributed by atoms with Crippen molar-refractivity contribution in [2.45, 2.75) is 19.9 Å². The third kappa shape index (κ3) is 4.13. The van der Waals surface area contributed by atoms with Crippen LogP contribution in [-0.4, -0.2) is 19.4 Å². The van der Waals surface area contributed by atoms with Gasteiger partial charge in [-0.25, -0.2) is 0 Å². The van der Waals surface area contributed by atoms with Crippen molar-refractivity contribution in [2.24, 2.45) is 0 Å². The summed E-state index contributed by atoms with van der Waals surface area (Å²) in [6.45, 7) is 3.04. The summed E-state index contributed by atoms with van der Waals surface area (Å²) in [6, 6.07) is 7.81. The molecule has 0 saturated carbocycles. The molecule has 0 aliphatic carbocycles. The molecule has 0 unspecified atom stereocenters. The molecular formula is C12H17NO2. The first-order chi connectivity index (χ1) is 7.26. The molecule has 0 aliphatic rings. The average molecular weight is 207 g/mol. The summed E-state index contributed by atoms with van der Waals surface area (Å²) in [5, 5.41) is 3.10. The van der Waals surface area contributed by atoms with Crippen LogP contribution in [0.25, 0.3) is 0 Å². The van der Waals surface area contributed by atoms with Crippen LogP contribution in [0.15, 0.2) is 24.3 Å². The second-order valence-electron chi connectivity index (χ2n) is 3.34. The van der Waals surface area contributed by atoms with E-state index >= 15 is 0 Å². The molecule has 15 heavy (non-hydrogen) atoms. The molecule has 82 valence electrons. The first kappa shape index (κ1) is 11.7. The molecule has 1 rings (SSSR count). The number of Topliss-reactive ketones (excluding diaryl/α,β-unsaturated/α-hetero) is 1. The number of nitrogens with one attached hydrogen (secondary N) is 1. The molecule has 0 atom stereocenters. The Morgan fingerprint density at radius 3 is 2.53 bits per heavy atom. The van der Waals surface area contributed by atoms with Gasteiger partial charge in [-0.2, -0.15) is 0 Å². The number of rotatable bonds is 6. The molecule has 0 aliphatic heterocycles. The van der Waals surface area contributed by atoms with E-state index in [1.807, 2.05) is 31.2 Å². The van der Waals surface area contributed by atoms with Gasteiger partial charge in [0.05, 0.1) is 13.7 Å². The van der Waals surface area contributed by atoms with Gasteiger partial charge in [0.2, 0.25) is 0 Å². The predicted octanol–water partition coefficient (Wildman–Crippen LogP) is 1.76.